The molecule has 5 heteroatoms. The Bertz CT molecular complexity index is 629. The third-order valence-electron chi connectivity index (χ3n) is 3.88. The van der Waals surface area contributed by atoms with Gasteiger partial charge in [0.05, 0.1) is 5.52 Å². The summed E-state index contributed by atoms with van der Waals surface area (Å²) in [4.78, 5) is 11.3. The first-order valence-electron chi connectivity index (χ1n) is 7.55. The van der Waals surface area contributed by atoms with Gasteiger partial charge in [-0.3, -0.25) is 0 Å². The molecule has 21 heavy (non-hydrogen) atoms. The molecule has 1 aliphatic heterocycles. The van der Waals surface area contributed by atoms with E-state index in [0.29, 0.717) is 12.1 Å². The minimum atomic E-state index is 0.520. The number of benzene rings is 1. The maximum atomic E-state index is 4.55. The summed E-state index contributed by atoms with van der Waals surface area (Å²) in [7, 11) is 0. The van der Waals surface area contributed by atoms with E-state index in [9.17, 15) is 0 Å². The minimum Gasteiger partial charge on any atom is -0.354 e. The fraction of sp³-hybridized carbons (Fsp3) is 0.500. The van der Waals surface area contributed by atoms with Gasteiger partial charge in [0.1, 0.15) is 12.1 Å². The van der Waals surface area contributed by atoms with Gasteiger partial charge in [-0.05, 0) is 40.9 Å². The van der Waals surface area contributed by atoms with Gasteiger partial charge in [0.15, 0.2) is 0 Å². The number of fused-ring (bicyclic) bond motifs is 1. The summed E-state index contributed by atoms with van der Waals surface area (Å²) in [6.45, 7) is 6.48. The number of hydrogen-bond donors (Lipinski definition) is 1. The lowest BCUT2D eigenvalue weighted by atomic mass is 10.0. The summed E-state index contributed by atoms with van der Waals surface area (Å²) in [6, 6.07) is 7.24. The molecule has 1 aliphatic rings. The highest BCUT2D eigenvalue weighted by Crippen LogP contribution is 2.29. The third-order valence-corrected chi connectivity index (χ3v) is 4.52. The number of nitrogens with one attached hydrogen (secondary N) is 1. The second-order valence-corrected chi connectivity index (χ2v) is 6.79. The van der Waals surface area contributed by atoms with Gasteiger partial charge in [-0.25, -0.2) is 9.97 Å². The van der Waals surface area contributed by atoms with Crippen LogP contribution < -0.4 is 10.2 Å². The SMILES string of the molecule is CC(C)N[C@@H]1CCCN(c2ncnc3c(Br)cccc23)C1. The first-order valence-corrected chi connectivity index (χ1v) is 8.34. The van der Waals surface area contributed by atoms with Crippen LogP contribution in [0, 0.1) is 0 Å². The molecule has 1 N–H and O–H groups in total. The zero-order valence-electron chi connectivity index (χ0n) is 12.5. The van der Waals surface area contributed by atoms with E-state index < -0.39 is 0 Å². The molecule has 0 unspecified atom stereocenters. The smallest absolute Gasteiger partial charge is 0.139 e. The Kier molecular flexibility index (Phi) is 4.40. The van der Waals surface area contributed by atoms with Crippen LogP contribution in [0.1, 0.15) is 26.7 Å². The Morgan fingerprint density at radius 3 is 3.00 bits per heavy atom. The van der Waals surface area contributed by atoms with Crippen molar-refractivity contribution >= 4 is 32.7 Å². The molecule has 0 bridgehead atoms. The zero-order chi connectivity index (χ0) is 14.8. The van der Waals surface area contributed by atoms with E-state index in [1.54, 1.807) is 6.33 Å². The van der Waals surface area contributed by atoms with Crippen molar-refractivity contribution in [1.82, 2.24) is 15.3 Å². The molecule has 0 saturated carbocycles. The molecule has 1 atom stereocenters. The van der Waals surface area contributed by atoms with Crippen LogP contribution in [0.25, 0.3) is 10.9 Å². The van der Waals surface area contributed by atoms with Gasteiger partial charge < -0.3 is 10.2 Å². The molecule has 2 heterocycles. The van der Waals surface area contributed by atoms with Crippen molar-refractivity contribution in [2.75, 3.05) is 18.0 Å². The lowest BCUT2D eigenvalue weighted by Crippen LogP contribution is -2.48. The van der Waals surface area contributed by atoms with Crippen LogP contribution >= 0.6 is 15.9 Å². The fourth-order valence-electron chi connectivity index (χ4n) is 3.07. The maximum Gasteiger partial charge on any atom is 0.139 e. The van der Waals surface area contributed by atoms with E-state index >= 15 is 0 Å². The van der Waals surface area contributed by atoms with E-state index in [2.05, 4.69) is 56.0 Å². The number of piperidine rings is 1. The van der Waals surface area contributed by atoms with Crippen LogP contribution in [-0.2, 0) is 0 Å². The predicted octanol–water partition coefficient (Wildman–Crippen LogP) is 3.36. The summed E-state index contributed by atoms with van der Waals surface area (Å²) in [5.41, 5.74) is 0.987. The second kappa shape index (κ2) is 6.28. The molecular formula is C16H21BrN4. The zero-order valence-corrected chi connectivity index (χ0v) is 14.1. The summed E-state index contributed by atoms with van der Waals surface area (Å²) < 4.78 is 1.03. The van der Waals surface area contributed by atoms with E-state index in [0.717, 1.165) is 34.3 Å². The Balaban J connectivity index is 1.91. The summed E-state index contributed by atoms with van der Waals surface area (Å²) in [5, 5.41) is 4.77. The van der Waals surface area contributed by atoms with E-state index in [1.165, 1.54) is 12.8 Å². The highest BCUT2D eigenvalue weighted by atomic mass is 79.9. The van der Waals surface area contributed by atoms with E-state index in [1.807, 2.05) is 12.1 Å². The molecule has 0 spiro atoms. The number of para-hydroxylation sites is 1. The lowest BCUT2D eigenvalue weighted by Gasteiger charge is -2.35. The Hall–Kier alpha value is -1.20. The molecule has 112 valence electrons. The molecule has 1 aromatic carbocycles. The molecular weight excluding hydrogens is 328 g/mol. The van der Waals surface area contributed by atoms with Crippen LogP contribution in [0.4, 0.5) is 5.82 Å². The van der Waals surface area contributed by atoms with Crippen LogP contribution in [0.2, 0.25) is 0 Å². The van der Waals surface area contributed by atoms with Crippen molar-refractivity contribution in [1.29, 1.82) is 0 Å². The largest absolute Gasteiger partial charge is 0.354 e. The normalized spacial score (nSPS) is 19.4. The minimum absolute atomic E-state index is 0.520. The highest BCUT2D eigenvalue weighted by Gasteiger charge is 2.22. The van der Waals surface area contributed by atoms with Crippen molar-refractivity contribution < 1.29 is 0 Å². The topological polar surface area (TPSA) is 41.0 Å². The van der Waals surface area contributed by atoms with Crippen LogP contribution in [0.3, 0.4) is 0 Å². The first-order chi connectivity index (χ1) is 10.1. The average Bonchev–Trinajstić information content (AvgIpc) is 2.47. The van der Waals surface area contributed by atoms with E-state index in [-0.39, 0.29) is 0 Å². The van der Waals surface area contributed by atoms with Crippen molar-refractivity contribution in [2.24, 2.45) is 0 Å². The van der Waals surface area contributed by atoms with Gasteiger partial charge in [0.2, 0.25) is 0 Å². The van der Waals surface area contributed by atoms with Gasteiger partial charge in [0, 0.05) is 35.0 Å². The van der Waals surface area contributed by atoms with Crippen molar-refractivity contribution in [3.8, 4) is 0 Å². The predicted molar refractivity (Wildman–Crippen MR) is 90.7 cm³/mol. The second-order valence-electron chi connectivity index (χ2n) is 5.94. The van der Waals surface area contributed by atoms with Gasteiger partial charge >= 0.3 is 0 Å². The number of nitrogens with zero attached hydrogens (tertiary/aromatic N) is 3. The number of halogens is 1. The number of rotatable bonds is 3. The molecule has 0 aliphatic carbocycles. The maximum absolute atomic E-state index is 4.55. The highest BCUT2D eigenvalue weighted by molar-refractivity contribution is 9.10. The quantitative estimate of drug-likeness (QED) is 0.923. The lowest BCUT2D eigenvalue weighted by molar-refractivity contribution is 0.394. The Labute approximate surface area is 134 Å². The number of hydrogen-bond acceptors (Lipinski definition) is 4. The summed E-state index contributed by atoms with van der Waals surface area (Å²) in [6.07, 6.45) is 4.10. The summed E-state index contributed by atoms with van der Waals surface area (Å²) >= 11 is 3.58. The molecule has 3 rings (SSSR count). The molecule has 2 aromatic rings. The monoisotopic (exact) mass is 348 g/mol. The molecule has 0 amide bonds. The molecule has 1 saturated heterocycles. The molecule has 1 aromatic heterocycles. The Morgan fingerprint density at radius 1 is 1.33 bits per heavy atom. The standard InChI is InChI=1S/C16H21BrN4/c1-11(2)20-12-5-4-8-21(9-12)16-13-6-3-7-14(17)15(13)18-10-19-16/h3,6-7,10-12,20H,4-5,8-9H2,1-2H3/t12-/m1/s1. The Morgan fingerprint density at radius 2 is 2.19 bits per heavy atom. The molecule has 1 fully saturated rings. The van der Waals surface area contributed by atoms with Gasteiger partial charge in [0.25, 0.3) is 0 Å². The van der Waals surface area contributed by atoms with Gasteiger partial charge in [-0.15, -0.1) is 0 Å². The van der Waals surface area contributed by atoms with Crippen LogP contribution in [0.15, 0.2) is 29.0 Å². The van der Waals surface area contributed by atoms with Crippen LogP contribution in [0.5, 0.6) is 0 Å². The van der Waals surface area contributed by atoms with Crippen molar-refractivity contribution in [3.05, 3.63) is 29.0 Å². The van der Waals surface area contributed by atoms with E-state index in [4.69, 9.17) is 0 Å². The number of anilines is 1. The van der Waals surface area contributed by atoms with Crippen LogP contribution in [-0.4, -0.2) is 35.1 Å². The average molecular weight is 349 g/mol. The number of aromatic nitrogens is 2. The first kappa shape index (κ1) is 14.7. The fourth-order valence-corrected chi connectivity index (χ4v) is 3.54. The van der Waals surface area contributed by atoms with Crippen molar-refractivity contribution in [2.45, 2.75) is 38.8 Å². The summed E-state index contributed by atoms with van der Waals surface area (Å²) in [5.74, 6) is 1.05. The van der Waals surface area contributed by atoms with Gasteiger partial charge in [-0.1, -0.05) is 19.9 Å². The molecule has 0 radical (unpaired) electrons. The molecule has 4 nitrogen and oxygen atoms in total. The van der Waals surface area contributed by atoms with Crippen molar-refractivity contribution in [3.63, 3.8) is 0 Å². The third kappa shape index (κ3) is 3.19. The van der Waals surface area contributed by atoms with Gasteiger partial charge in [-0.2, -0.15) is 0 Å².